The summed E-state index contributed by atoms with van der Waals surface area (Å²) in [6.07, 6.45) is 13.3. The molecule has 22 heavy (non-hydrogen) atoms. The van der Waals surface area contributed by atoms with Crippen molar-refractivity contribution in [2.75, 3.05) is 13.6 Å². The predicted octanol–water partition coefficient (Wildman–Crippen LogP) is 2.44. The number of likely N-dealkylation sites (N-methyl/N-ethyl adjacent to an activating group) is 1. The third-order valence-corrected chi connectivity index (χ3v) is 4.60. The zero-order chi connectivity index (χ0) is 15.1. The summed E-state index contributed by atoms with van der Waals surface area (Å²) in [6.45, 7) is 0.408. The van der Waals surface area contributed by atoms with E-state index >= 15 is 0 Å². The van der Waals surface area contributed by atoms with Crippen LogP contribution in [0.2, 0.25) is 0 Å². The number of aryl methyl sites for hydroxylation is 1. The van der Waals surface area contributed by atoms with Crippen molar-refractivity contribution >= 4 is 23.3 Å². The van der Waals surface area contributed by atoms with Gasteiger partial charge in [-0.1, -0.05) is 12.2 Å². The number of nitrogens with one attached hydrogen (secondary N) is 1. The minimum atomic E-state index is -0.0718. The monoisotopic (exact) mass is 293 g/mol. The molecule has 2 heterocycles. The summed E-state index contributed by atoms with van der Waals surface area (Å²) in [5, 5.41) is 2.94. The Morgan fingerprint density at radius 1 is 1.50 bits per heavy atom. The summed E-state index contributed by atoms with van der Waals surface area (Å²) in [4.78, 5) is 16.8. The number of hydrogen-bond acceptors (Lipinski definition) is 3. The van der Waals surface area contributed by atoms with Crippen LogP contribution in [-0.2, 0) is 11.2 Å². The lowest BCUT2D eigenvalue weighted by atomic mass is 9.92. The molecule has 0 bridgehead atoms. The predicted molar refractivity (Wildman–Crippen MR) is 88.6 cm³/mol. The molecule has 0 amide bonds. The van der Waals surface area contributed by atoms with E-state index < -0.39 is 0 Å². The quantitative estimate of drug-likeness (QED) is 0.930. The molecule has 4 heteroatoms. The molecule has 3 aliphatic rings. The first-order valence-corrected chi connectivity index (χ1v) is 7.82. The van der Waals surface area contributed by atoms with Gasteiger partial charge in [-0.05, 0) is 37.6 Å². The Morgan fingerprint density at radius 3 is 3.27 bits per heavy atom. The highest BCUT2D eigenvalue weighted by atomic mass is 16.1. The summed E-state index contributed by atoms with van der Waals surface area (Å²) in [6, 6.07) is 2.21. The van der Waals surface area contributed by atoms with Crippen LogP contribution in [0.5, 0.6) is 0 Å². The van der Waals surface area contributed by atoms with E-state index in [1.165, 1.54) is 16.8 Å². The van der Waals surface area contributed by atoms with Gasteiger partial charge in [-0.15, -0.1) is 0 Å². The van der Waals surface area contributed by atoms with E-state index in [0.717, 1.165) is 24.2 Å². The average molecular weight is 293 g/mol. The smallest absolute Gasteiger partial charge is 0.153 e. The molecule has 1 aromatic rings. The molecule has 4 nitrogen and oxygen atoms in total. The van der Waals surface area contributed by atoms with Gasteiger partial charge in [0, 0.05) is 30.3 Å². The third kappa shape index (κ3) is 2.03. The fourth-order valence-electron chi connectivity index (χ4n) is 3.49. The number of carbonyl (C=O) groups is 1. The maximum atomic E-state index is 12.1. The highest BCUT2D eigenvalue weighted by Gasteiger charge is 2.26. The van der Waals surface area contributed by atoms with Crippen LogP contribution in [0, 0.1) is 5.92 Å². The van der Waals surface area contributed by atoms with Gasteiger partial charge in [0.15, 0.2) is 5.78 Å². The first-order chi connectivity index (χ1) is 10.8. The van der Waals surface area contributed by atoms with Crippen molar-refractivity contribution in [2.24, 2.45) is 10.9 Å². The Bertz CT molecular complexity index is 761. The topological polar surface area (TPSA) is 46.4 Å². The molecule has 4 rings (SSSR count). The maximum absolute atomic E-state index is 12.1. The van der Waals surface area contributed by atoms with E-state index in [-0.39, 0.29) is 11.7 Å². The standard InChI is InChI=1S/C18H19N3O/c1-19-11-17(22)13-5-6-16-15(9-13)20-10-14-4-2-3-12-7-8-21(16)18(12)14/h4-8,10,13,19H,2-3,9,11H2,1H3. The number of nitrogens with zero attached hydrogens (tertiary/aromatic N) is 2. The van der Waals surface area contributed by atoms with Gasteiger partial charge in [0.25, 0.3) is 0 Å². The molecule has 1 aromatic heterocycles. The zero-order valence-electron chi connectivity index (χ0n) is 12.7. The van der Waals surface area contributed by atoms with Crippen LogP contribution < -0.4 is 5.32 Å². The fourth-order valence-corrected chi connectivity index (χ4v) is 3.49. The zero-order valence-corrected chi connectivity index (χ0v) is 12.7. The van der Waals surface area contributed by atoms with Crippen LogP contribution in [0.15, 0.2) is 41.2 Å². The number of allylic oxidation sites excluding steroid dienone is 6. The van der Waals surface area contributed by atoms with Crippen molar-refractivity contribution in [3.8, 4) is 0 Å². The number of rotatable bonds is 3. The van der Waals surface area contributed by atoms with Crippen LogP contribution in [-0.4, -0.2) is 30.2 Å². The minimum absolute atomic E-state index is 0.0718. The Kier molecular flexibility index (Phi) is 3.19. The molecule has 0 saturated heterocycles. The third-order valence-electron chi connectivity index (χ3n) is 4.60. The number of aromatic nitrogens is 1. The summed E-state index contributed by atoms with van der Waals surface area (Å²) in [5.74, 6) is 0.149. The van der Waals surface area contributed by atoms with Crippen molar-refractivity contribution in [1.29, 1.82) is 0 Å². The number of ketones is 1. The van der Waals surface area contributed by atoms with Crippen molar-refractivity contribution in [1.82, 2.24) is 9.88 Å². The molecule has 0 fully saturated rings. The van der Waals surface area contributed by atoms with Crippen LogP contribution in [0.3, 0.4) is 0 Å². The van der Waals surface area contributed by atoms with E-state index in [9.17, 15) is 4.79 Å². The van der Waals surface area contributed by atoms with Gasteiger partial charge < -0.3 is 9.88 Å². The van der Waals surface area contributed by atoms with E-state index in [1.54, 1.807) is 7.05 Å². The second-order valence-electron chi connectivity index (χ2n) is 6.01. The van der Waals surface area contributed by atoms with Gasteiger partial charge in [0.1, 0.15) is 0 Å². The van der Waals surface area contributed by atoms with Crippen LogP contribution in [0.4, 0.5) is 0 Å². The molecular weight excluding hydrogens is 274 g/mol. The molecule has 0 aromatic carbocycles. The largest absolute Gasteiger partial charge is 0.314 e. The minimum Gasteiger partial charge on any atom is -0.314 e. The van der Waals surface area contributed by atoms with Crippen molar-refractivity contribution < 1.29 is 4.79 Å². The first-order valence-electron chi connectivity index (χ1n) is 7.82. The van der Waals surface area contributed by atoms with Gasteiger partial charge in [-0.3, -0.25) is 9.79 Å². The number of Topliss-reactive ketones (excluding diaryl/α,β-unsaturated/α-hetero) is 1. The second-order valence-corrected chi connectivity index (χ2v) is 6.01. The summed E-state index contributed by atoms with van der Waals surface area (Å²) < 4.78 is 2.23. The molecule has 1 unspecified atom stereocenters. The fraction of sp³-hybridized carbons (Fsp3) is 0.333. The van der Waals surface area contributed by atoms with Crippen LogP contribution >= 0.6 is 0 Å². The number of fused-ring (bicyclic) bond motifs is 1. The van der Waals surface area contributed by atoms with Gasteiger partial charge >= 0.3 is 0 Å². The van der Waals surface area contributed by atoms with Crippen LogP contribution in [0.1, 0.15) is 24.1 Å². The number of hydrogen-bond donors (Lipinski definition) is 1. The molecule has 0 radical (unpaired) electrons. The molecule has 1 aliphatic heterocycles. The molecule has 112 valence electrons. The Hall–Kier alpha value is -2.20. The maximum Gasteiger partial charge on any atom is 0.153 e. The SMILES string of the molecule is CNCC(=O)C1C=CC2=C(C1)N=CC1=CCCc3ccn2c31. The van der Waals surface area contributed by atoms with Gasteiger partial charge in [0.2, 0.25) is 0 Å². The van der Waals surface area contributed by atoms with E-state index in [0.29, 0.717) is 13.0 Å². The Labute approximate surface area is 129 Å². The van der Waals surface area contributed by atoms with Crippen LogP contribution in [0.25, 0.3) is 11.3 Å². The van der Waals surface area contributed by atoms with Crippen molar-refractivity contribution in [3.63, 3.8) is 0 Å². The summed E-state index contributed by atoms with van der Waals surface area (Å²) >= 11 is 0. The van der Waals surface area contributed by atoms with Gasteiger partial charge in [-0.25, -0.2) is 0 Å². The molecule has 2 aliphatic carbocycles. The van der Waals surface area contributed by atoms with Crippen molar-refractivity contribution in [3.05, 3.63) is 47.4 Å². The van der Waals surface area contributed by atoms with Crippen molar-refractivity contribution in [2.45, 2.75) is 19.3 Å². The lowest BCUT2D eigenvalue weighted by Crippen LogP contribution is -2.26. The Balaban J connectivity index is 1.75. The lowest BCUT2D eigenvalue weighted by Gasteiger charge is -2.20. The highest BCUT2D eigenvalue weighted by molar-refractivity contribution is 6.12. The van der Waals surface area contributed by atoms with E-state index in [4.69, 9.17) is 4.99 Å². The number of carbonyl (C=O) groups excluding carboxylic acids is 1. The average Bonchev–Trinajstić information content (AvgIpc) is 2.90. The normalized spacial score (nSPS) is 22.0. The first kappa shape index (κ1) is 13.5. The van der Waals surface area contributed by atoms with E-state index in [2.05, 4.69) is 34.3 Å². The lowest BCUT2D eigenvalue weighted by molar-refractivity contribution is -0.120. The highest BCUT2D eigenvalue weighted by Crippen LogP contribution is 2.36. The number of aliphatic imine (C=N–C) groups is 1. The van der Waals surface area contributed by atoms with E-state index in [1.807, 2.05) is 12.3 Å². The summed E-state index contributed by atoms with van der Waals surface area (Å²) in [7, 11) is 1.80. The summed E-state index contributed by atoms with van der Waals surface area (Å²) in [5.41, 5.74) is 5.97. The Morgan fingerprint density at radius 2 is 2.41 bits per heavy atom. The molecule has 0 spiro atoms. The van der Waals surface area contributed by atoms with Gasteiger partial charge in [0.05, 0.1) is 23.6 Å². The molecule has 1 N–H and O–H groups in total. The molecular formula is C18H19N3O. The molecule has 1 atom stereocenters. The van der Waals surface area contributed by atoms with Gasteiger partial charge in [-0.2, -0.15) is 0 Å². The molecule has 0 saturated carbocycles. The second kappa shape index (κ2) is 5.21.